The molecule has 0 aliphatic heterocycles. The Kier molecular flexibility index (Phi) is 10.5. The fourth-order valence-electron chi connectivity index (χ4n) is 4.59. The van der Waals surface area contributed by atoms with Crippen molar-refractivity contribution >= 4 is 51.0 Å². The van der Waals surface area contributed by atoms with E-state index in [1.54, 1.807) is 36.4 Å². The molecule has 1 heterocycles. The maximum Gasteiger partial charge on any atom is 0.264 e. The van der Waals surface area contributed by atoms with Gasteiger partial charge >= 0.3 is 0 Å². The van der Waals surface area contributed by atoms with Crippen LogP contribution in [0.5, 0.6) is 17.2 Å². The number of nitrogens with one attached hydrogen (secondary N) is 1. The van der Waals surface area contributed by atoms with Crippen LogP contribution in [0.25, 0.3) is 5.69 Å². The Morgan fingerprint density at radius 3 is 2.32 bits per heavy atom. The first-order chi connectivity index (χ1) is 21.0. The quantitative estimate of drug-likeness (QED) is 0.144. The minimum atomic E-state index is -4.24. The van der Waals surface area contributed by atoms with E-state index in [0.717, 1.165) is 26.9 Å². The molecule has 13 heteroatoms. The van der Waals surface area contributed by atoms with Crippen molar-refractivity contribution in [1.29, 1.82) is 0 Å². The number of hydrogen-bond donors (Lipinski definition) is 1. The minimum absolute atomic E-state index is 0.0892. The Morgan fingerprint density at radius 1 is 0.977 bits per heavy atom. The summed E-state index contributed by atoms with van der Waals surface area (Å²) in [6.45, 7) is 5.55. The number of ether oxygens (including phenoxy) is 3. The Bertz CT molecular complexity index is 1790. The van der Waals surface area contributed by atoms with Gasteiger partial charge in [0.2, 0.25) is 0 Å². The molecule has 0 radical (unpaired) electrons. The first-order valence-electron chi connectivity index (χ1n) is 13.4. The highest BCUT2D eigenvalue weighted by Gasteiger charge is 2.28. The van der Waals surface area contributed by atoms with E-state index in [-0.39, 0.29) is 16.3 Å². The second-order valence-corrected chi connectivity index (χ2v) is 12.2. The summed E-state index contributed by atoms with van der Waals surface area (Å²) in [4.78, 5) is 13.0. The van der Waals surface area contributed by atoms with Gasteiger partial charge < -0.3 is 18.8 Å². The lowest BCUT2D eigenvalue weighted by Crippen LogP contribution is -2.39. The topological polar surface area (TPSA) is 111 Å². The van der Waals surface area contributed by atoms with Crippen LogP contribution in [0.3, 0.4) is 0 Å². The number of hydrazone groups is 1. The van der Waals surface area contributed by atoms with Crippen molar-refractivity contribution in [2.45, 2.75) is 25.7 Å². The second-order valence-electron chi connectivity index (χ2n) is 9.51. The van der Waals surface area contributed by atoms with E-state index in [0.29, 0.717) is 28.2 Å². The summed E-state index contributed by atoms with van der Waals surface area (Å²) in [7, 11) is -1.38. The van der Waals surface area contributed by atoms with Gasteiger partial charge in [0.25, 0.3) is 15.9 Å². The summed E-state index contributed by atoms with van der Waals surface area (Å²) in [5.74, 6) is 0.496. The molecule has 0 bridgehead atoms. The first kappa shape index (κ1) is 32.7. The van der Waals surface area contributed by atoms with Crippen LogP contribution in [0.1, 0.15) is 23.9 Å². The van der Waals surface area contributed by atoms with E-state index in [4.69, 9.17) is 37.4 Å². The Morgan fingerprint density at radius 2 is 1.68 bits per heavy atom. The van der Waals surface area contributed by atoms with Crippen molar-refractivity contribution in [2.24, 2.45) is 5.10 Å². The zero-order chi connectivity index (χ0) is 32.0. The average molecular weight is 660 g/mol. The number of methoxy groups -OCH3 is 2. The highest BCUT2D eigenvalue weighted by Crippen LogP contribution is 2.33. The number of hydrogen-bond acceptors (Lipinski definition) is 7. The summed E-state index contributed by atoms with van der Waals surface area (Å²) in [5, 5.41) is 5.12. The van der Waals surface area contributed by atoms with Crippen LogP contribution in [0.15, 0.2) is 76.7 Å². The molecule has 3 aromatic carbocycles. The molecule has 0 spiro atoms. The Balaban J connectivity index is 1.60. The maximum absolute atomic E-state index is 13.9. The van der Waals surface area contributed by atoms with Crippen LogP contribution in [0, 0.1) is 13.8 Å². The predicted octanol–water partition coefficient (Wildman–Crippen LogP) is 6.16. The molecule has 0 aliphatic carbocycles. The molecule has 1 N–H and O–H groups in total. The molecular weight excluding hydrogens is 627 g/mol. The lowest BCUT2D eigenvalue weighted by atomic mass is 10.2. The van der Waals surface area contributed by atoms with E-state index < -0.39 is 22.5 Å². The zero-order valence-corrected chi connectivity index (χ0v) is 27.1. The van der Waals surface area contributed by atoms with Gasteiger partial charge in [-0.2, -0.15) is 5.10 Å². The number of carbonyl (C=O) groups is 1. The van der Waals surface area contributed by atoms with Crippen molar-refractivity contribution in [3.63, 3.8) is 0 Å². The molecule has 0 fully saturated rings. The van der Waals surface area contributed by atoms with Crippen LogP contribution in [-0.4, -0.2) is 52.5 Å². The monoisotopic (exact) mass is 658 g/mol. The summed E-state index contributed by atoms with van der Waals surface area (Å²) in [5.41, 5.74) is 5.90. The van der Waals surface area contributed by atoms with Gasteiger partial charge in [-0.25, -0.2) is 13.8 Å². The number of aryl methyl sites for hydroxylation is 1. The van der Waals surface area contributed by atoms with Crippen LogP contribution < -0.4 is 23.9 Å². The molecule has 0 saturated heterocycles. The number of carbonyl (C=O) groups excluding carboxylic acids is 1. The van der Waals surface area contributed by atoms with E-state index in [9.17, 15) is 13.2 Å². The number of amides is 1. The fourth-order valence-corrected chi connectivity index (χ4v) is 6.52. The van der Waals surface area contributed by atoms with Crippen molar-refractivity contribution in [2.75, 3.05) is 31.7 Å². The van der Waals surface area contributed by atoms with Gasteiger partial charge in [-0.05, 0) is 81.4 Å². The molecule has 0 saturated carbocycles. The van der Waals surface area contributed by atoms with Gasteiger partial charge in [0.1, 0.15) is 12.3 Å². The number of aromatic nitrogens is 1. The number of benzene rings is 3. The summed E-state index contributed by atoms with van der Waals surface area (Å²) < 4.78 is 46.7. The van der Waals surface area contributed by atoms with Crippen LogP contribution in [0.4, 0.5) is 5.69 Å². The van der Waals surface area contributed by atoms with Crippen LogP contribution in [0.2, 0.25) is 10.0 Å². The fraction of sp³-hybridized carbons (Fsp3) is 0.226. The van der Waals surface area contributed by atoms with Crippen LogP contribution >= 0.6 is 23.2 Å². The van der Waals surface area contributed by atoms with Gasteiger partial charge in [0, 0.05) is 28.0 Å². The third-order valence-corrected chi connectivity index (χ3v) is 8.99. The SMILES string of the molecule is CCOc1ccc(N(CC(=O)N/N=C\c2cc(C)n(-c3ccc(Cl)cc3Cl)c2C)S(=O)(=O)c2ccc(OC)c(OC)c2)cc1. The molecular formula is C31H32Cl2N4O6S. The third kappa shape index (κ3) is 7.12. The van der Waals surface area contributed by atoms with Crippen molar-refractivity contribution in [1.82, 2.24) is 9.99 Å². The summed E-state index contributed by atoms with van der Waals surface area (Å²) in [6.07, 6.45) is 1.49. The second kappa shape index (κ2) is 14.1. The first-order valence-corrected chi connectivity index (χ1v) is 15.6. The summed E-state index contributed by atoms with van der Waals surface area (Å²) in [6, 6.07) is 17.7. The average Bonchev–Trinajstić information content (AvgIpc) is 3.28. The van der Waals surface area contributed by atoms with Gasteiger partial charge in [-0.15, -0.1) is 0 Å². The highest BCUT2D eigenvalue weighted by atomic mass is 35.5. The number of rotatable bonds is 12. The number of anilines is 1. The van der Waals surface area contributed by atoms with E-state index in [1.807, 2.05) is 37.5 Å². The molecule has 232 valence electrons. The van der Waals surface area contributed by atoms with Crippen molar-refractivity contribution in [3.05, 3.63) is 93.7 Å². The number of nitrogens with zero attached hydrogens (tertiary/aromatic N) is 3. The molecule has 0 unspecified atom stereocenters. The standard InChI is InChI=1S/C31H32Cl2N4O6S/c1-6-43-25-10-8-24(9-11-25)36(44(39,40)26-12-14-29(41-4)30(17-26)42-5)19-31(38)35-34-18-22-15-20(2)37(21(22)3)28-13-7-23(32)16-27(28)33/h7-18H,6,19H2,1-5H3,(H,35,38)/b34-18-. The molecule has 10 nitrogen and oxygen atoms in total. The summed E-state index contributed by atoms with van der Waals surface area (Å²) >= 11 is 12.5. The molecule has 1 amide bonds. The number of sulfonamides is 1. The van der Waals surface area contributed by atoms with E-state index >= 15 is 0 Å². The molecule has 4 aromatic rings. The Hall–Kier alpha value is -4.19. The molecule has 44 heavy (non-hydrogen) atoms. The van der Waals surface area contributed by atoms with Crippen molar-refractivity contribution < 1.29 is 27.4 Å². The smallest absolute Gasteiger partial charge is 0.264 e. The van der Waals surface area contributed by atoms with Gasteiger partial charge in [-0.1, -0.05) is 23.2 Å². The van der Waals surface area contributed by atoms with E-state index in [2.05, 4.69) is 10.5 Å². The van der Waals surface area contributed by atoms with Gasteiger partial charge in [-0.3, -0.25) is 9.10 Å². The van der Waals surface area contributed by atoms with Gasteiger partial charge in [0.15, 0.2) is 11.5 Å². The predicted molar refractivity (Wildman–Crippen MR) is 173 cm³/mol. The number of halogens is 2. The molecule has 0 aliphatic rings. The highest BCUT2D eigenvalue weighted by molar-refractivity contribution is 7.92. The van der Waals surface area contributed by atoms with Gasteiger partial charge in [0.05, 0.1) is 48.3 Å². The normalized spacial score (nSPS) is 11.4. The molecule has 4 rings (SSSR count). The van der Waals surface area contributed by atoms with Crippen LogP contribution in [-0.2, 0) is 14.8 Å². The Labute approximate surface area is 266 Å². The zero-order valence-electron chi connectivity index (χ0n) is 24.8. The largest absolute Gasteiger partial charge is 0.494 e. The van der Waals surface area contributed by atoms with Crippen molar-refractivity contribution in [3.8, 4) is 22.9 Å². The maximum atomic E-state index is 13.9. The lowest BCUT2D eigenvalue weighted by Gasteiger charge is -2.24. The van der Waals surface area contributed by atoms with E-state index in [1.165, 1.54) is 38.6 Å². The molecule has 1 aromatic heterocycles. The lowest BCUT2D eigenvalue weighted by molar-refractivity contribution is -0.119. The minimum Gasteiger partial charge on any atom is -0.494 e. The molecule has 0 atom stereocenters. The third-order valence-electron chi connectivity index (χ3n) is 6.68.